The van der Waals surface area contributed by atoms with Gasteiger partial charge in [0.25, 0.3) is 5.56 Å². The van der Waals surface area contributed by atoms with Crippen LogP contribution in [0.15, 0.2) is 69.8 Å². The third-order valence-electron chi connectivity index (χ3n) is 7.20. The van der Waals surface area contributed by atoms with Crippen molar-refractivity contribution in [2.75, 3.05) is 13.7 Å². The maximum Gasteiger partial charge on any atom is 0.332 e. The normalized spacial score (nSPS) is 13.6. The summed E-state index contributed by atoms with van der Waals surface area (Å²) in [6.07, 6.45) is 7.69. The van der Waals surface area contributed by atoms with Crippen molar-refractivity contribution in [3.8, 4) is 5.75 Å². The van der Waals surface area contributed by atoms with Crippen LogP contribution in [0.4, 0.5) is 0 Å². The summed E-state index contributed by atoms with van der Waals surface area (Å²) in [7, 11) is 3.37. The Morgan fingerprint density at radius 2 is 1.84 bits per heavy atom. The minimum atomic E-state index is -0.512. The molecule has 4 aromatic rings. The van der Waals surface area contributed by atoms with Crippen LogP contribution < -0.4 is 21.3 Å². The number of benzene rings is 2. The predicted molar refractivity (Wildman–Crippen MR) is 145 cm³/mol. The number of nitrogens with zero attached hydrogens (tertiary/aromatic N) is 3. The van der Waals surface area contributed by atoms with Gasteiger partial charge in [-0.05, 0) is 55.9 Å². The zero-order chi connectivity index (χ0) is 25.9. The lowest BCUT2D eigenvalue weighted by Gasteiger charge is -2.15. The molecule has 1 N–H and O–H groups in total. The van der Waals surface area contributed by atoms with E-state index >= 15 is 0 Å². The van der Waals surface area contributed by atoms with Gasteiger partial charge in [-0.15, -0.1) is 0 Å². The Morgan fingerprint density at radius 1 is 1.03 bits per heavy atom. The van der Waals surface area contributed by atoms with E-state index < -0.39 is 5.69 Å². The minimum absolute atomic E-state index is 0.120. The molecule has 2 aromatic carbocycles. The summed E-state index contributed by atoms with van der Waals surface area (Å²) in [5.41, 5.74) is 2.91. The van der Waals surface area contributed by atoms with Crippen LogP contribution in [0.3, 0.4) is 0 Å². The van der Waals surface area contributed by atoms with Crippen LogP contribution in [-0.2, 0) is 24.9 Å². The molecule has 0 fully saturated rings. The first kappa shape index (κ1) is 24.6. The maximum atomic E-state index is 13.8. The molecule has 0 aliphatic heterocycles. The van der Waals surface area contributed by atoms with Gasteiger partial charge in [0.2, 0.25) is 5.91 Å². The van der Waals surface area contributed by atoms with Gasteiger partial charge < -0.3 is 14.6 Å². The van der Waals surface area contributed by atoms with E-state index in [4.69, 9.17) is 4.74 Å². The van der Waals surface area contributed by atoms with Gasteiger partial charge in [-0.1, -0.05) is 42.0 Å². The highest BCUT2D eigenvalue weighted by molar-refractivity contribution is 6.06. The predicted octanol–water partition coefficient (Wildman–Crippen LogP) is 3.72. The zero-order valence-corrected chi connectivity index (χ0v) is 21.3. The van der Waals surface area contributed by atoms with E-state index in [1.807, 2.05) is 48.5 Å². The fraction of sp³-hybridized carbons (Fsp3) is 0.345. The molecule has 37 heavy (non-hydrogen) atoms. The number of hydrogen-bond acceptors (Lipinski definition) is 4. The van der Waals surface area contributed by atoms with E-state index in [-0.39, 0.29) is 24.6 Å². The second-order valence-electron chi connectivity index (χ2n) is 9.59. The molecular weight excluding hydrogens is 468 g/mol. The Balaban J connectivity index is 1.59. The highest BCUT2D eigenvalue weighted by Gasteiger charge is 2.22. The molecule has 5 rings (SSSR count). The summed E-state index contributed by atoms with van der Waals surface area (Å²) in [6.45, 7) is 0.463. The molecule has 1 aliphatic carbocycles. The first-order valence-electron chi connectivity index (χ1n) is 12.8. The van der Waals surface area contributed by atoms with Gasteiger partial charge in [-0.3, -0.25) is 18.7 Å². The minimum Gasteiger partial charge on any atom is -0.497 e. The van der Waals surface area contributed by atoms with Crippen molar-refractivity contribution in [1.29, 1.82) is 0 Å². The van der Waals surface area contributed by atoms with E-state index in [9.17, 15) is 14.4 Å². The van der Waals surface area contributed by atoms with Gasteiger partial charge in [0.1, 0.15) is 17.8 Å². The number of nitrogens with one attached hydrogen (secondary N) is 1. The Bertz CT molecular complexity index is 1610. The molecule has 1 aliphatic rings. The molecular formula is C29H32N4O4. The van der Waals surface area contributed by atoms with Crippen molar-refractivity contribution in [3.05, 3.63) is 86.6 Å². The van der Waals surface area contributed by atoms with Crippen LogP contribution in [0.1, 0.15) is 37.7 Å². The Morgan fingerprint density at radius 3 is 2.57 bits per heavy atom. The number of allylic oxidation sites excluding steroid dienone is 1. The van der Waals surface area contributed by atoms with Crippen LogP contribution in [0.5, 0.6) is 5.75 Å². The number of ether oxygens (including phenoxy) is 1. The van der Waals surface area contributed by atoms with Gasteiger partial charge in [-0.25, -0.2) is 4.79 Å². The summed E-state index contributed by atoms with van der Waals surface area (Å²) in [5, 5.41) is 3.67. The van der Waals surface area contributed by atoms with Crippen LogP contribution in [-0.4, -0.2) is 33.3 Å². The third kappa shape index (κ3) is 4.83. The second kappa shape index (κ2) is 10.5. The summed E-state index contributed by atoms with van der Waals surface area (Å²) < 4.78 is 9.84. The summed E-state index contributed by atoms with van der Waals surface area (Å²) >= 11 is 0. The van der Waals surface area contributed by atoms with Crippen molar-refractivity contribution >= 4 is 27.8 Å². The summed E-state index contributed by atoms with van der Waals surface area (Å²) in [5.74, 6) is 0.349. The zero-order valence-electron chi connectivity index (χ0n) is 21.3. The van der Waals surface area contributed by atoms with E-state index in [1.165, 1.54) is 27.5 Å². The molecule has 2 heterocycles. The molecule has 0 atom stereocenters. The molecule has 8 nitrogen and oxygen atoms in total. The standard InChI is InChI=1S/C29H32N4O4/c1-31-24-14-13-22(37-2)17-23(24)26-27(31)28(35)33(18-21-11-7-4-8-12-21)29(36)32(26)19-25(34)30-16-15-20-9-5-3-6-10-20/h4,7-9,11-14,17H,3,5-6,10,15-16,18-19H2,1-2H3,(H,30,34). The largest absolute Gasteiger partial charge is 0.497 e. The van der Waals surface area contributed by atoms with Crippen LogP contribution in [0, 0.1) is 0 Å². The fourth-order valence-corrected chi connectivity index (χ4v) is 5.25. The monoisotopic (exact) mass is 500 g/mol. The number of fused-ring (bicyclic) bond motifs is 3. The second-order valence-corrected chi connectivity index (χ2v) is 9.59. The maximum absolute atomic E-state index is 13.8. The van der Waals surface area contributed by atoms with E-state index in [1.54, 1.807) is 18.7 Å². The third-order valence-corrected chi connectivity index (χ3v) is 7.20. The number of rotatable bonds is 8. The van der Waals surface area contributed by atoms with Crippen molar-refractivity contribution < 1.29 is 9.53 Å². The molecule has 0 saturated heterocycles. The van der Waals surface area contributed by atoms with Crippen LogP contribution in [0.25, 0.3) is 21.9 Å². The number of amides is 1. The van der Waals surface area contributed by atoms with Crippen molar-refractivity contribution in [2.45, 2.75) is 45.2 Å². The molecule has 0 unspecified atom stereocenters. The average Bonchev–Trinajstić information content (AvgIpc) is 3.21. The van der Waals surface area contributed by atoms with Gasteiger partial charge in [0, 0.05) is 19.0 Å². The number of aryl methyl sites for hydroxylation is 1. The molecule has 192 valence electrons. The van der Waals surface area contributed by atoms with Gasteiger partial charge in [0.15, 0.2) is 0 Å². The van der Waals surface area contributed by atoms with Crippen LogP contribution in [0.2, 0.25) is 0 Å². The van der Waals surface area contributed by atoms with E-state index in [2.05, 4.69) is 11.4 Å². The summed E-state index contributed by atoms with van der Waals surface area (Å²) in [6, 6.07) is 14.9. The lowest BCUT2D eigenvalue weighted by atomic mass is 9.97. The topological polar surface area (TPSA) is 87.3 Å². The van der Waals surface area contributed by atoms with Crippen molar-refractivity contribution in [3.63, 3.8) is 0 Å². The molecule has 0 bridgehead atoms. The molecule has 1 amide bonds. The number of carbonyl (C=O) groups is 1. The Kier molecular flexibility index (Phi) is 6.99. The quantitative estimate of drug-likeness (QED) is 0.374. The van der Waals surface area contributed by atoms with Gasteiger partial charge in [-0.2, -0.15) is 0 Å². The highest BCUT2D eigenvalue weighted by Crippen LogP contribution is 2.29. The smallest absolute Gasteiger partial charge is 0.332 e. The number of carbonyl (C=O) groups excluding carboxylic acids is 1. The van der Waals surface area contributed by atoms with Crippen LogP contribution >= 0.6 is 0 Å². The molecule has 0 spiro atoms. The lowest BCUT2D eigenvalue weighted by Crippen LogP contribution is -2.43. The van der Waals surface area contributed by atoms with Gasteiger partial charge in [0.05, 0.1) is 24.7 Å². The first-order valence-corrected chi connectivity index (χ1v) is 12.8. The fourth-order valence-electron chi connectivity index (χ4n) is 5.25. The lowest BCUT2D eigenvalue weighted by molar-refractivity contribution is -0.121. The van der Waals surface area contributed by atoms with Crippen molar-refractivity contribution in [1.82, 2.24) is 19.0 Å². The molecule has 0 radical (unpaired) electrons. The average molecular weight is 501 g/mol. The van der Waals surface area contributed by atoms with Gasteiger partial charge >= 0.3 is 5.69 Å². The first-order chi connectivity index (χ1) is 18.0. The molecule has 2 aromatic heterocycles. The van der Waals surface area contributed by atoms with Crippen molar-refractivity contribution in [2.24, 2.45) is 7.05 Å². The Hall–Kier alpha value is -4.07. The summed E-state index contributed by atoms with van der Waals surface area (Å²) in [4.78, 5) is 40.5. The number of aromatic nitrogens is 3. The number of hydrogen-bond donors (Lipinski definition) is 1. The molecule has 0 saturated carbocycles. The highest BCUT2D eigenvalue weighted by atomic mass is 16.5. The molecule has 8 heteroatoms. The van der Waals surface area contributed by atoms with E-state index in [0.717, 1.165) is 30.3 Å². The SMILES string of the molecule is COc1ccc2c(c1)c1c(c(=O)n(Cc3ccccc3)c(=O)n1CC(=O)NCCC1=CCCCC1)n2C. The Labute approximate surface area is 214 Å². The number of methoxy groups -OCH3 is 1. The van der Waals surface area contributed by atoms with E-state index in [0.29, 0.717) is 28.7 Å².